The third kappa shape index (κ3) is 1.86. The van der Waals surface area contributed by atoms with Crippen molar-refractivity contribution in [3.8, 4) is 0 Å². The van der Waals surface area contributed by atoms with Crippen LogP contribution in [0.15, 0.2) is 30.5 Å². The number of hydrogen-bond donors (Lipinski definition) is 1. The minimum Gasteiger partial charge on any atom is -0.340 e. The molecule has 3 aromatic rings. The van der Waals surface area contributed by atoms with Gasteiger partial charge >= 0.3 is 0 Å². The van der Waals surface area contributed by atoms with Crippen LogP contribution in [-0.2, 0) is 20.1 Å². The Morgan fingerprint density at radius 1 is 1.28 bits per heavy atom. The number of aryl methyl sites for hydroxylation is 1. The van der Waals surface area contributed by atoms with Crippen molar-refractivity contribution >= 4 is 10.9 Å². The van der Waals surface area contributed by atoms with E-state index in [0.717, 1.165) is 11.1 Å². The maximum atomic E-state index is 5.64. The lowest BCUT2D eigenvalue weighted by atomic mass is 10.1. The molecule has 92 valence electrons. The highest BCUT2D eigenvalue weighted by atomic mass is 15.6. The normalized spacial score (nSPS) is 11.2. The molecule has 2 aromatic heterocycles. The van der Waals surface area contributed by atoms with Crippen molar-refractivity contribution in [2.75, 3.05) is 0 Å². The smallest absolute Gasteiger partial charge is 0.194 e. The second-order valence-corrected chi connectivity index (χ2v) is 4.24. The number of benzene rings is 1. The summed E-state index contributed by atoms with van der Waals surface area (Å²) in [6.45, 7) is 1.19. The van der Waals surface area contributed by atoms with Gasteiger partial charge in [0.1, 0.15) is 0 Å². The van der Waals surface area contributed by atoms with Gasteiger partial charge in [-0.15, -0.1) is 10.2 Å². The van der Waals surface area contributed by atoms with Crippen molar-refractivity contribution in [1.29, 1.82) is 0 Å². The lowest BCUT2D eigenvalue weighted by Gasteiger charge is -2.02. The third-order valence-corrected chi connectivity index (χ3v) is 2.93. The number of aromatic nitrogens is 5. The topological polar surface area (TPSA) is 74.5 Å². The van der Waals surface area contributed by atoms with Gasteiger partial charge in [-0.3, -0.25) is 0 Å². The van der Waals surface area contributed by atoms with Gasteiger partial charge in [-0.1, -0.05) is 6.07 Å². The van der Waals surface area contributed by atoms with E-state index in [2.05, 4.69) is 38.2 Å². The van der Waals surface area contributed by atoms with E-state index in [4.69, 9.17) is 5.73 Å². The molecule has 0 fully saturated rings. The fourth-order valence-corrected chi connectivity index (χ4v) is 2.05. The molecule has 6 heteroatoms. The van der Waals surface area contributed by atoms with Crippen LogP contribution in [0.2, 0.25) is 0 Å². The zero-order chi connectivity index (χ0) is 12.5. The van der Waals surface area contributed by atoms with Crippen molar-refractivity contribution < 1.29 is 0 Å². The summed E-state index contributed by atoms with van der Waals surface area (Å²) in [5, 5.41) is 13.2. The molecule has 0 atom stereocenters. The molecule has 0 aliphatic rings. The summed E-state index contributed by atoms with van der Waals surface area (Å²) in [4.78, 5) is 1.47. The van der Waals surface area contributed by atoms with Crippen molar-refractivity contribution in [3.05, 3.63) is 41.9 Å². The highest BCUT2D eigenvalue weighted by molar-refractivity contribution is 5.80. The average Bonchev–Trinajstić information content (AvgIpc) is 2.96. The van der Waals surface area contributed by atoms with Gasteiger partial charge in [-0.25, -0.2) is 0 Å². The van der Waals surface area contributed by atoms with Crippen molar-refractivity contribution in [2.45, 2.75) is 13.1 Å². The Morgan fingerprint density at radius 2 is 2.17 bits per heavy atom. The first-order valence-electron chi connectivity index (χ1n) is 5.77. The summed E-state index contributed by atoms with van der Waals surface area (Å²) >= 11 is 0. The summed E-state index contributed by atoms with van der Waals surface area (Å²) in [6, 6.07) is 8.30. The van der Waals surface area contributed by atoms with E-state index >= 15 is 0 Å². The SMILES string of the molecule is Cn1nnc(Cn2ccc3cc(CN)ccc32)n1. The van der Waals surface area contributed by atoms with E-state index in [1.807, 2.05) is 12.3 Å². The molecule has 0 amide bonds. The molecule has 2 N–H and O–H groups in total. The van der Waals surface area contributed by atoms with Crippen molar-refractivity contribution in [1.82, 2.24) is 24.8 Å². The molecule has 0 bridgehead atoms. The Labute approximate surface area is 104 Å². The fraction of sp³-hybridized carbons (Fsp3) is 0.250. The Hall–Kier alpha value is -2.21. The van der Waals surface area contributed by atoms with Crippen LogP contribution in [0.5, 0.6) is 0 Å². The number of rotatable bonds is 3. The minimum absolute atomic E-state index is 0.562. The van der Waals surface area contributed by atoms with E-state index in [1.54, 1.807) is 7.05 Å². The van der Waals surface area contributed by atoms with Crippen LogP contribution >= 0.6 is 0 Å². The summed E-state index contributed by atoms with van der Waals surface area (Å²) in [5.41, 5.74) is 7.93. The van der Waals surface area contributed by atoms with E-state index in [-0.39, 0.29) is 0 Å². The predicted octanol–water partition coefficient (Wildman–Crippen LogP) is 0.672. The number of tetrazole rings is 1. The first-order chi connectivity index (χ1) is 8.76. The molecule has 0 spiro atoms. The van der Waals surface area contributed by atoms with Gasteiger partial charge < -0.3 is 10.3 Å². The lowest BCUT2D eigenvalue weighted by Crippen LogP contribution is -2.01. The van der Waals surface area contributed by atoms with Gasteiger partial charge in [-0.05, 0) is 34.4 Å². The molecule has 0 aliphatic heterocycles. The van der Waals surface area contributed by atoms with Crippen LogP contribution < -0.4 is 5.73 Å². The molecule has 3 rings (SSSR count). The molecular weight excluding hydrogens is 228 g/mol. The maximum Gasteiger partial charge on any atom is 0.194 e. The first-order valence-corrected chi connectivity index (χ1v) is 5.77. The molecule has 2 heterocycles. The Bertz CT molecular complexity index is 681. The van der Waals surface area contributed by atoms with Gasteiger partial charge in [-0.2, -0.15) is 4.80 Å². The number of nitrogens with two attached hydrogens (primary N) is 1. The van der Waals surface area contributed by atoms with E-state index in [1.165, 1.54) is 10.2 Å². The first kappa shape index (κ1) is 10.9. The van der Waals surface area contributed by atoms with Crippen LogP contribution in [-0.4, -0.2) is 24.8 Å². The molecule has 0 saturated heterocycles. The Kier molecular flexibility index (Phi) is 2.56. The van der Waals surface area contributed by atoms with E-state index in [9.17, 15) is 0 Å². The summed E-state index contributed by atoms with van der Waals surface area (Å²) in [7, 11) is 1.76. The molecule has 1 aromatic carbocycles. The standard InChI is InChI=1S/C12H14N6/c1-17-15-12(14-16-17)8-18-5-4-10-6-9(7-13)2-3-11(10)18/h2-6H,7-8,13H2,1H3. The van der Waals surface area contributed by atoms with Gasteiger partial charge in [0.15, 0.2) is 5.82 Å². The average molecular weight is 242 g/mol. The monoisotopic (exact) mass is 242 g/mol. The molecule has 0 saturated carbocycles. The van der Waals surface area contributed by atoms with Crippen LogP contribution in [0.25, 0.3) is 10.9 Å². The Balaban J connectivity index is 1.97. The van der Waals surface area contributed by atoms with Crippen molar-refractivity contribution in [3.63, 3.8) is 0 Å². The summed E-state index contributed by atoms with van der Waals surface area (Å²) < 4.78 is 2.10. The molecule has 18 heavy (non-hydrogen) atoms. The quantitative estimate of drug-likeness (QED) is 0.732. The van der Waals surface area contributed by atoms with E-state index < -0.39 is 0 Å². The lowest BCUT2D eigenvalue weighted by molar-refractivity contribution is 0.626. The number of fused-ring (bicyclic) bond motifs is 1. The molecule has 0 unspecified atom stereocenters. The van der Waals surface area contributed by atoms with Crippen LogP contribution in [0.4, 0.5) is 0 Å². The highest BCUT2D eigenvalue weighted by Gasteiger charge is 2.05. The van der Waals surface area contributed by atoms with Gasteiger partial charge in [0.25, 0.3) is 0 Å². The van der Waals surface area contributed by atoms with Crippen LogP contribution in [0.3, 0.4) is 0 Å². The van der Waals surface area contributed by atoms with Gasteiger partial charge in [0.2, 0.25) is 0 Å². The third-order valence-electron chi connectivity index (χ3n) is 2.93. The Morgan fingerprint density at radius 3 is 2.89 bits per heavy atom. The minimum atomic E-state index is 0.562. The maximum absolute atomic E-state index is 5.64. The predicted molar refractivity (Wildman–Crippen MR) is 67.7 cm³/mol. The number of nitrogens with zero attached hydrogens (tertiary/aromatic N) is 5. The molecule has 0 aliphatic carbocycles. The van der Waals surface area contributed by atoms with Gasteiger partial charge in [0, 0.05) is 18.3 Å². The second kappa shape index (κ2) is 4.23. The summed E-state index contributed by atoms with van der Waals surface area (Å²) in [5.74, 6) is 0.706. The second-order valence-electron chi connectivity index (χ2n) is 4.24. The molecular formula is C12H14N6. The molecule has 0 radical (unpaired) electrons. The van der Waals surface area contributed by atoms with Crippen LogP contribution in [0, 0.1) is 0 Å². The van der Waals surface area contributed by atoms with Crippen LogP contribution in [0.1, 0.15) is 11.4 Å². The highest BCUT2D eigenvalue weighted by Crippen LogP contribution is 2.18. The fourth-order valence-electron chi connectivity index (χ4n) is 2.05. The number of hydrogen-bond acceptors (Lipinski definition) is 4. The largest absolute Gasteiger partial charge is 0.340 e. The molecule has 6 nitrogen and oxygen atoms in total. The van der Waals surface area contributed by atoms with E-state index in [0.29, 0.717) is 18.9 Å². The van der Waals surface area contributed by atoms with Crippen molar-refractivity contribution in [2.24, 2.45) is 12.8 Å². The zero-order valence-corrected chi connectivity index (χ0v) is 10.1. The zero-order valence-electron chi connectivity index (χ0n) is 10.1. The summed E-state index contributed by atoms with van der Waals surface area (Å²) in [6.07, 6.45) is 2.03. The van der Waals surface area contributed by atoms with Gasteiger partial charge in [0.05, 0.1) is 13.6 Å².